The Balaban J connectivity index is 0. The van der Waals surface area contributed by atoms with Gasteiger partial charge in [0.2, 0.25) is 0 Å². The molecule has 0 amide bonds. The lowest BCUT2D eigenvalue weighted by atomic mass is 10.3. The molecule has 0 fully saturated rings. The van der Waals surface area contributed by atoms with Gasteiger partial charge in [-0.1, -0.05) is 32.0 Å². The van der Waals surface area contributed by atoms with E-state index in [2.05, 4.69) is 5.32 Å². The van der Waals surface area contributed by atoms with E-state index in [0.29, 0.717) is 6.54 Å². The zero-order chi connectivity index (χ0) is 11.2. The Morgan fingerprint density at radius 2 is 1.71 bits per heavy atom. The number of carbonyl (C=O) groups excluding carboxylic acids is 1. The highest BCUT2D eigenvalue weighted by molar-refractivity contribution is 5.42. The van der Waals surface area contributed by atoms with Crippen molar-refractivity contribution in [2.24, 2.45) is 5.73 Å². The summed E-state index contributed by atoms with van der Waals surface area (Å²) in [6.07, 6.45) is 0. The Bertz CT molecular complexity index is 190. The van der Waals surface area contributed by atoms with Crippen LogP contribution in [0.25, 0.3) is 0 Å². The number of rotatable bonds is 3. The van der Waals surface area contributed by atoms with Gasteiger partial charge in [-0.3, -0.25) is 0 Å². The van der Waals surface area contributed by atoms with Gasteiger partial charge >= 0.3 is 0 Å². The summed E-state index contributed by atoms with van der Waals surface area (Å²) >= 11 is 0. The lowest BCUT2D eigenvalue weighted by Crippen LogP contribution is -2.12. The van der Waals surface area contributed by atoms with Gasteiger partial charge in [-0.15, -0.1) is 0 Å². The van der Waals surface area contributed by atoms with Gasteiger partial charge in [0, 0.05) is 18.8 Å². The summed E-state index contributed by atoms with van der Waals surface area (Å²) in [5.41, 5.74) is 6.45. The van der Waals surface area contributed by atoms with E-state index in [1.165, 1.54) is 0 Å². The molecule has 14 heavy (non-hydrogen) atoms. The topological polar surface area (TPSA) is 55.1 Å². The summed E-state index contributed by atoms with van der Waals surface area (Å²) in [4.78, 5) is 8.00. The van der Waals surface area contributed by atoms with Crippen molar-refractivity contribution in [3.8, 4) is 0 Å². The van der Waals surface area contributed by atoms with Crippen LogP contribution >= 0.6 is 0 Å². The molecule has 80 valence electrons. The fraction of sp³-hybridized carbons (Fsp3) is 0.364. The molecule has 0 bridgehead atoms. The zero-order valence-corrected chi connectivity index (χ0v) is 8.99. The van der Waals surface area contributed by atoms with E-state index in [1.54, 1.807) is 0 Å². The second-order valence-electron chi connectivity index (χ2n) is 2.08. The maximum atomic E-state index is 8.00. The first-order valence-electron chi connectivity index (χ1n) is 4.71. The Morgan fingerprint density at radius 1 is 1.21 bits per heavy atom. The van der Waals surface area contributed by atoms with Crippen LogP contribution in [-0.4, -0.2) is 19.9 Å². The minimum Gasteiger partial charge on any atom is -0.384 e. The summed E-state index contributed by atoms with van der Waals surface area (Å²) in [5.74, 6) is 0. The van der Waals surface area contributed by atoms with E-state index < -0.39 is 0 Å². The average molecular weight is 196 g/mol. The van der Waals surface area contributed by atoms with Gasteiger partial charge < -0.3 is 15.8 Å². The number of carbonyl (C=O) groups is 1. The van der Waals surface area contributed by atoms with Crippen molar-refractivity contribution in [2.45, 2.75) is 13.8 Å². The SMILES string of the molecule is C=O.CC.NCCNc1ccccc1. The molecule has 0 aliphatic carbocycles. The molecule has 0 unspecified atom stereocenters. The van der Waals surface area contributed by atoms with Crippen LogP contribution in [0.3, 0.4) is 0 Å². The second-order valence-corrected chi connectivity index (χ2v) is 2.08. The van der Waals surface area contributed by atoms with E-state index in [-0.39, 0.29) is 0 Å². The van der Waals surface area contributed by atoms with Gasteiger partial charge in [-0.2, -0.15) is 0 Å². The number of nitrogens with one attached hydrogen (secondary N) is 1. The van der Waals surface area contributed by atoms with E-state index in [9.17, 15) is 0 Å². The van der Waals surface area contributed by atoms with Crippen molar-refractivity contribution in [3.05, 3.63) is 30.3 Å². The first kappa shape index (κ1) is 15.1. The van der Waals surface area contributed by atoms with E-state index in [0.717, 1.165) is 12.2 Å². The standard InChI is InChI=1S/C8H12N2.C2H6.CH2O/c9-6-7-10-8-4-2-1-3-5-8;2*1-2/h1-5,10H,6-7,9H2;1-2H3;1H2. The summed E-state index contributed by atoms with van der Waals surface area (Å²) < 4.78 is 0. The highest BCUT2D eigenvalue weighted by Crippen LogP contribution is 2.02. The van der Waals surface area contributed by atoms with E-state index >= 15 is 0 Å². The molecule has 0 aliphatic rings. The predicted octanol–water partition coefficient (Wildman–Crippen LogP) is 1.90. The third-order valence-electron chi connectivity index (χ3n) is 1.25. The molecule has 0 saturated heterocycles. The van der Waals surface area contributed by atoms with Gasteiger partial charge in [0.25, 0.3) is 0 Å². The summed E-state index contributed by atoms with van der Waals surface area (Å²) in [6.45, 7) is 7.51. The van der Waals surface area contributed by atoms with Gasteiger partial charge in [-0.25, -0.2) is 0 Å². The normalized spacial score (nSPS) is 7.36. The largest absolute Gasteiger partial charge is 0.384 e. The third kappa shape index (κ3) is 8.74. The van der Waals surface area contributed by atoms with Crippen LogP contribution in [0.4, 0.5) is 5.69 Å². The molecular formula is C11H20N2O. The Kier molecular flexibility index (Phi) is 15.3. The lowest BCUT2D eigenvalue weighted by molar-refractivity contribution is -0.0979. The predicted molar refractivity (Wildman–Crippen MR) is 62.5 cm³/mol. The van der Waals surface area contributed by atoms with Crippen LogP contribution in [0.5, 0.6) is 0 Å². The number of nitrogens with two attached hydrogens (primary N) is 1. The maximum Gasteiger partial charge on any atom is 0.106 e. The zero-order valence-electron chi connectivity index (χ0n) is 8.99. The van der Waals surface area contributed by atoms with Gasteiger partial charge in [-0.05, 0) is 12.1 Å². The van der Waals surface area contributed by atoms with Crippen LogP contribution in [0.1, 0.15) is 13.8 Å². The Labute approximate surface area is 86.3 Å². The van der Waals surface area contributed by atoms with Crippen LogP contribution in [0, 0.1) is 0 Å². The Morgan fingerprint density at radius 3 is 2.14 bits per heavy atom. The average Bonchev–Trinajstić information content (AvgIpc) is 2.33. The minimum absolute atomic E-state index is 0.675. The number of hydrogen-bond acceptors (Lipinski definition) is 3. The van der Waals surface area contributed by atoms with Crippen LogP contribution in [0.2, 0.25) is 0 Å². The molecule has 3 heteroatoms. The smallest absolute Gasteiger partial charge is 0.106 e. The molecule has 1 rings (SSSR count). The monoisotopic (exact) mass is 196 g/mol. The van der Waals surface area contributed by atoms with Crippen molar-refractivity contribution >= 4 is 12.5 Å². The highest BCUT2D eigenvalue weighted by atomic mass is 16.1. The molecule has 0 heterocycles. The minimum atomic E-state index is 0.675. The fourth-order valence-corrected chi connectivity index (χ4v) is 0.773. The first-order valence-corrected chi connectivity index (χ1v) is 4.71. The van der Waals surface area contributed by atoms with E-state index in [4.69, 9.17) is 10.5 Å². The summed E-state index contributed by atoms with van der Waals surface area (Å²) in [6, 6.07) is 10.0. The molecule has 0 spiro atoms. The molecule has 0 aliphatic heterocycles. The molecule has 1 aromatic carbocycles. The van der Waals surface area contributed by atoms with Crippen molar-refractivity contribution < 1.29 is 4.79 Å². The Hall–Kier alpha value is -1.35. The quantitative estimate of drug-likeness (QED) is 0.776. The van der Waals surface area contributed by atoms with Gasteiger partial charge in [0.1, 0.15) is 6.79 Å². The molecule has 0 radical (unpaired) electrons. The van der Waals surface area contributed by atoms with E-state index in [1.807, 2.05) is 51.0 Å². The number of anilines is 1. The molecule has 3 nitrogen and oxygen atoms in total. The molecular weight excluding hydrogens is 176 g/mol. The summed E-state index contributed by atoms with van der Waals surface area (Å²) in [7, 11) is 0. The van der Waals surface area contributed by atoms with Crippen LogP contribution < -0.4 is 11.1 Å². The highest BCUT2D eigenvalue weighted by Gasteiger charge is 1.84. The van der Waals surface area contributed by atoms with Crippen molar-refractivity contribution in [1.82, 2.24) is 0 Å². The molecule has 0 saturated carbocycles. The molecule has 1 aromatic rings. The molecule has 0 aromatic heterocycles. The molecule has 0 atom stereocenters. The first-order chi connectivity index (χ1) is 6.93. The molecule has 3 N–H and O–H groups in total. The maximum absolute atomic E-state index is 8.00. The van der Waals surface area contributed by atoms with Crippen LogP contribution in [-0.2, 0) is 4.79 Å². The number of benzene rings is 1. The summed E-state index contributed by atoms with van der Waals surface area (Å²) in [5, 5.41) is 3.17. The van der Waals surface area contributed by atoms with Gasteiger partial charge in [0.15, 0.2) is 0 Å². The lowest BCUT2D eigenvalue weighted by Gasteiger charge is -2.01. The number of hydrogen-bond donors (Lipinski definition) is 2. The third-order valence-corrected chi connectivity index (χ3v) is 1.25. The second kappa shape index (κ2) is 14.2. The van der Waals surface area contributed by atoms with Gasteiger partial charge in [0.05, 0.1) is 0 Å². The fourth-order valence-electron chi connectivity index (χ4n) is 0.773. The number of para-hydroxylation sites is 1. The van der Waals surface area contributed by atoms with Crippen molar-refractivity contribution in [1.29, 1.82) is 0 Å². The van der Waals surface area contributed by atoms with Crippen LogP contribution in [0.15, 0.2) is 30.3 Å². The van der Waals surface area contributed by atoms with Crippen molar-refractivity contribution in [3.63, 3.8) is 0 Å². The van der Waals surface area contributed by atoms with Crippen molar-refractivity contribution in [2.75, 3.05) is 18.4 Å².